The average Bonchev–Trinajstić information content (AvgIpc) is 3.15. The molecule has 0 saturated heterocycles. The SMILES string of the molecule is O=CNCC(NC(=O)Cn1nc(-c2ccc(Cl)cc2)n(CC(O)C(F)(F)F)c1=O)c1ccccc1C(F)(F)F. The second-order valence-electron chi connectivity index (χ2n) is 8.17. The number of hydrogen-bond acceptors (Lipinski definition) is 5. The number of aromatic nitrogens is 3. The van der Waals surface area contributed by atoms with Crippen LogP contribution in [0.25, 0.3) is 11.4 Å². The van der Waals surface area contributed by atoms with Gasteiger partial charge in [0, 0.05) is 17.1 Å². The van der Waals surface area contributed by atoms with Crippen LogP contribution in [0.5, 0.6) is 0 Å². The molecule has 0 aliphatic rings. The number of carbonyl (C=O) groups is 2. The monoisotopic (exact) mass is 579 g/mol. The van der Waals surface area contributed by atoms with Crippen molar-refractivity contribution in [2.45, 2.75) is 37.6 Å². The predicted molar refractivity (Wildman–Crippen MR) is 125 cm³/mol. The molecule has 3 aromatic rings. The van der Waals surface area contributed by atoms with Crippen LogP contribution >= 0.6 is 11.6 Å². The Morgan fingerprint density at radius 3 is 2.31 bits per heavy atom. The fraction of sp³-hybridized carbons (Fsp3) is 0.304. The average molecular weight is 580 g/mol. The smallest absolute Gasteiger partial charge is 0.382 e. The maximum absolute atomic E-state index is 13.5. The van der Waals surface area contributed by atoms with Gasteiger partial charge in [0.05, 0.1) is 18.2 Å². The van der Waals surface area contributed by atoms with Gasteiger partial charge in [-0.1, -0.05) is 29.8 Å². The van der Waals surface area contributed by atoms with E-state index in [9.17, 15) is 45.8 Å². The van der Waals surface area contributed by atoms with Gasteiger partial charge in [-0.3, -0.25) is 14.2 Å². The molecule has 0 saturated carbocycles. The third-order valence-corrected chi connectivity index (χ3v) is 5.69. The van der Waals surface area contributed by atoms with E-state index in [1.54, 1.807) is 0 Å². The molecule has 0 aliphatic carbocycles. The highest BCUT2D eigenvalue weighted by Crippen LogP contribution is 2.34. The zero-order valence-electron chi connectivity index (χ0n) is 19.6. The number of rotatable bonds is 10. The van der Waals surface area contributed by atoms with Crippen molar-refractivity contribution < 1.29 is 41.0 Å². The summed E-state index contributed by atoms with van der Waals surface area (Å²) in [6, 6.07) is 8.37. The Bertz CT molecular complexity index is 1370. The molecule has 1 heterocycles. The molecule has 3 rings (SSSR count). The van der Waals surface area contributed by atoms with Crippen molar-refractivity contribution >= 4 is 23.9 Å². The first kappa shape index (κ1) is 29.7. The molecule has 2 amide bonds. The number of aliphatic hydroxyl groups excluding tert-OH is 1. The molecule has 1 aromatic heterocycles. The molecule has 2 unspecified atom stereocenters. The van der Waals surface area contributed by atoms with Gasteiger partial charge in [-0.15, -0.1) is 5.10 Å². The first-order valence-electron chi connectivity index (χ1n) is 11.0. The molecule has 9 nitrogen and oxygen atoms in total. The van der Waals surface area contributed by atoms with Crippen LogP contribution in [0.2, 0.25) is 5.02 Å². The first-order valence-corrected chi connectivity index (χ1v) is 11.4. The molecule has 2 atom stereocenters. The van der Waals surface area contributed by atoms with Crippen molar-refractivity contribution in [2.24, 2.45) is 0 Å². The van der Waals surface area contributed by atoms with Crippen LogP contribution in [0.15, 0.2) is 53.3 Å². The number of aliphatic hydroxyl groups is 1. The molecule has 16 heteroatoms. The van der Waals surface area contributed by atoms with E-state index in [4.69, 9.17) is 11.6 Å². The van der Waals surface area contributed by atoms with E-state index in [1.165, 1.54) is 30.3 Å². The number of benzene rings is 2. The van der Waals surface area contributed by atoms with Crippen LogP contribution in [-0.2, 0) is 28.9 Å². The Labute approximate surface area is 221 Å². The second-order valence-corrected chi connectivity index (χ2v) is 8.61. The maximum Gasteiger partial charge on any atom is 0.416 e. The summed E-state index contributed by atoms with van der Waals surface area (Å²) >= 11 is 5.83. The standard InChI is InChI=1S/C23H20ClF6N5O4/c24-14-7-5-13(6-8-14)20-33-35(21(39)34(20)10-18(37)23(28,29)30)11-19(38)32-17(9-31-12-36)15-3-1-2-4-16(15)22(25,26)27/h1-8,12,17-18,37H,9-11H2,(H,31,36)(H,32,38). The summed E-state index contributed by atoms with van der Waals surface area (Å²) in [4.78, 5) is 36.5. The van der Waals surface area contributed by atoms with Crippen molar-refractivity contribution in [3.05, 3.63) is 75.2 Å². The van der Waals surface area contributed by atoms with Gasteiger partial charge >= 0.3 is 18.0 Å². The number of amides is 2. The third-order valence-electron chi connectivity index (χ3n) is 5.43. The van der Waals surface area contributed by atoms with E-state index in [-0.39, 0.29) is 28.4 Å². The minimum Gasteiger partial charge on any atom is -0.382 e. The van der Waals surface area contributed by atoms with E-state index >= 15 is 0 Å². The van der Waals surface area contributed by atoms with Crippen molar-refractivity contribution in [3.8, 4) is 11.4 Å². The van der Waals surface area contributed by atoms with E-state index in [1.807, 2.05) is 0 Å². The van der Waals surface area contributed by atoms with Crippen LogP contribution in [-0.4, -0.2) is 50.6 Å². The highest BCUT2D eigenvalue weighted by Gasteiger charge is 2.39. The first-order chi connectivity index (χ1) is 18.2. The lowest BCUT2D eigenvalue weighted by Crippen LogP contribution is -2.41. The summed E-state index contributed by atoms with van der Waals surface area (Å²) in [7, 11) is 0. The number of alkyl halides is 6. The molecule has 2 aromatic carbocycles. The third kappa shape index (κ3) is 7.38. The molecule has 0 fully saturated rings. The minimum atomic E-state index is -5.07. The molecule has 39 heavy (non-hydrogen) atoms. The number of nitrogens with zero attached hydrogens (tertiary/aromatic N) is 3. The van der Waals surface area contributed by atoms with Crippen LogP contribution in [0.4, 0.5) is 26.3 Å². The largest absolute Gasteiger partial charge is 0.416 e. The Morgan fingerprint density at radius 2 is 1.72 bits per heavy atom. The summed E-state index contributed by atoms with van der Waals surface area (Å²) in [5, 5.41) is 18.2. The summed E-state index contributed by atoms with van der Waals surface area (Å²) in [5.74, 6) is -1.36. The molecule has 0 radical (unpaired) electrons. The topological polar surface area (TPSA) is 118 Å². The van der Waals surface area contributed by atoms with Crippen molar-refractivity contribution in [1.29, 1.82) is 0 Å². The van der Waals surface area contributed by atoms with Crippen LogP contribution in [0, 0.1) is 0 Å². The van der Waals surface area contributed by atoms with Crippen molar-refractivity contribution in [3.63, 3.8) is 0 Å². The number of carbonyl (C=O) groups excluding carboxylic acids is 2. The molecule has 0 aliphatic heterocycles. The van der Waals surface area contributed by atoms with Gasteiger partial charge in [0.2, 0.25) is 12.3 Å². The number of nitrogens with one attached hydrogen (secondary N) is 2. The van der Waals surface area contributed by atoms with Gasteiger partial charge in [0.1, 0.15) is 6.54 Å². The van der Waals surface area contributed by atoms with E-state index in [0.717, 1.165) is 18.2 Å². The highest BCUT2D eigenvalue weighted by atomic mass is 35.5. The van der Waals surface area contributed by atoms with Crippen molar-refractivity contribution in [2.75, 3.05) is 6.54 Å². The normalized spacial score (nSPS) is 13.5. The summed E-state index contributed by atoms with van der Waals surface area (Å²) in [6.07, 6.45) is -12.6. The van der Waals surface area contributed by atoms with Gasteiger partial charge in [-0.05, 0) is 35.9 Å². The molecule has 3 N–H and O–H groups in total. The minimum absolute atomic E-state index is 0.136. The van der Waals surface area contributed by atoms with E-state index < -0.39 is 61.3 Å². The molecule has 210 valence electrons. The summed E-state index contributed by atoms with van der Waals surface area (Å²) in [6.45, 7) is -2.59. The van der Waals surface area contributed by atoms with Crippen LogP contribution < -0.4 is 16.3 Å². The van der Waals surface area contributed by atoms with Gasteiger partial charge in [0.25, 0.3) is 0 Å². The predicted octanol–water partition coefficient (Wildman–Crippen LogP) is 2.91. The zero-order chi connectivity index (χ0) is 29.0. The van der Waals surface area contributed by atoms with Crippen molar-refractivity contribution in [1.82, 2.24) is 25.0 Å². The van der Waals surface area contributed by atoms with Gasteiger partial charge in [0.15, 0.2) is 11.9 Å². The lowest BCUT2D eigenvalue weighted by atomic mass is 9.99. The van der Waals surface area contributed by atoms with Crippen LogP contribution in [0.3, 0.4) is 0 Å². The molecule has 0 bridgehead atoms. The fourth-order valence-corrected chi connectivity index (χ4v) is 3.76. The number of hydrogen-bond donors (Lipinski definition) is 3. The summed E-state index contributed by atoms with van der Waals surface area (Å²) < 4.78 is 80.6. The number of halogens is 7. The Morgan fingerprint density at radius 1 is 1.08 bits per heavy atom. The molecule has 0 spiro atoms. The highest BCUT2D eigenvalue weighted by molar-refractivity contribution is 6.30. The van der Waals surface area contributed by atoms with Gasteiger partial charge in [-0.25, -0.2) is 9.48 Å². The Balaban J connectivity index is 1.95. The van der Waals surface area contributed by atoms with Crippen LogP contribution in [0.1, 0.15) is 17.2 Å². The van der Waals surface area contributed by atoms with E-state index in [0.29, 0.717) is 9.25 Å². The molecular weight excluding hydrogens is 560 g/mol. The van der Waals surface area contributed by atoms with Gasteiger partial charge in [-0.2, -0.15) is 26.3 Å². The quantitative estimate of drug-likeness (QED) is 0.252. The maximum atomic E-state index is 13.5. The van der Waals surface area contributed by atoms with E-state index in [2.05, 4.69) is 15.7 Å². The Hall–Kier alpha value is -3.85. The summed E-state index contributed by atoms with van der Waals surface area (Å²) in [5.41, 5.74) is -2.51. The lowest BCUT2D eigenvalue weighted by molar-refractivity contribution is -0.207. The Kier molecular flexibility index (Phi) is 9.07. The molecular formula is C23H20ClF6N5O4. The zero-order valence-corrected chi connectivity index (χ0v) is 20.4. The lowest BCUT2D eigenvalue weighted by Gasteiger charge is -2.22. The fourth-order valence-electron chi connectivity index (χ4n) is 3.64. The second kappa shape index (κ2) is 11.9. The van der Waals surface area contributed by atoms with Gasteiger partial charge < -0.3 is 15.7 Å².